The molecule has 1 heterocycles. The summed E-state index contributed by atoms with van der Waals surface area (Å²) in [6.45, 7) is 4.73. The van der Waals surface area contributed by atoms with Crippen LogP contribution in [-0.4, -0.2) is 9.55 Å². The van der Waals surface area contributed by atoms with Gasteiger partial charge in [0.15, 0.2) is 0 Å². The first-order valence-electron chi connectivity index (χ1n) is 6.40. The van der Waals surface area contributed by atoms with Crippen LogP contribution in [0.3, 0.4) is 0 Å². The van der Waals surface area contributed by atoms with Crippen LogP contribution in [0.5, 0.6) is 0 Å². The van der Waals surface area contributed by atoms with Gasteiger partial charge in [0.05, 0.1) is 10.9 Å². The number of hydrogen-bond donors (Lipinski definition) is 1. The molecule has 0 saturated heterocycles. The quantitative estimate of drug-likeness (QED) is 0.665. The van der Waals surface area contributed by atoms with Crippen molar-refractivity contribution in [3.63, 3.8) is 0 Å². The third-order valence-corrected chi connectivity index (χ3v) is 3.19. The molecule has 96 valence electrons. The van der Waals surface area contributed by atoms with Crippen LogP contribution in [0.15, 0.2) is 23.0 Å². The Hall–Kier alpha value is -1.84. The van der Waals surface area contributed by atoms with E-state index in [-0.39, 0.29) is 5.56 Å². The van der Waals surface area contributed by atoms with Crippen LogP contribution in [0.1, 0.15) is 32.0 Å². The lowest BCUT2D eigenvalue weighted by molar-refractivity contribution is 0.570. The molecule has 0 saturated carbocycles. The average molecular weight is 245 g/mol. The van der Waals surface area contributed by atoms with E-state index in [2.05, 4.69) is 11.9 Å². The molecule has 0 unspecified atom stereocenters. The Morgan fingerprint density at radius 2 is 2.11 bits per heavy atom. The van der Waals surface area contributed by atoms with Crippen LogP contribution in [0.2, 0.25) is 0 Å². The third kappa shape index (κ3) is 2.23. The van der Waals surface area contributed by atoms with Crippen molar-refractivity contribution in [3.8, 4) is 0 Å². The Balaban J connectivity index is 2.54. The van der Waals surface area contributed by atoms with E-state index in [9.17, 15) is 4.79 Å². The number of benzene rings is 1. The maximum atomic E-state index is 12.4. The minimum atomic E-state index is -0.0216. The number of anilines is 1. The second-order valence-electron chi connectivity index (χ2n) is 4.56. The number of unbranched alkanes of at least 4 members (excludes halogenated alkanes) is 2. The number of nitrogens with two attached hydrogens (primary N) is 1. The Labute approximate surface area is 106 Å². The topological polar surface area (TPSA) is 60.9 Å². The van der Waals surface area contributed by atoms with Crippen LogP contribution >= 0.6 is 0 Å². The van der Waals surface area contributed by atoms with Crippen molar-refractivity contribution in [2.24, 2.45) is 0 Å². The summed E-state index contributed by atoms with van der Waals surface area (Å²) in [7, 11) is 0. The summed E-state index contributed by atoms with van der Waals surface area (Å²) < 4.78 is 1.73. The largest absolute Gasteiger partial charge is 0.398 e. The van der Waals surface area contributed by atoms with E-state index in [1.54, 1.807) is 10.6 Å². The van der Waals surface area contributed by atoms with Crippen molar-refractivity contribution in [2.45, 2.75) is 39.7 Å². The third-order valence-electron chi connectivity index (χ3n) is 3.19. The van der Waals surface area contributed by atoms with Gasteiger partial charge in [0.1, 0.15) is 5.82 Å². The first-order valence-corrected chi connectivity index (χ1v) is 6.40. The number of nitrogens with zero attached hydrogens (tertiary/aromatic N) is 2. The zero-order valence-corrected chi connectivity index (χ0v) is 10.9. The van der Waals surface area contributed by atoms with Gasteiger partial charge in [-0.05, 0) is 25.5 Å². The molecule has 0 fully saturated rings. The minimum absolute atomic E-state index is 0.0216. The molecule has 18 heavy (non-hydrogen) atoms. The Morgan fingerprint density at radius 3 is 2.83 bits per heavy atom. The van der Waals surface area contributed by atoms with Crippen LogP contribution in [-0.2, 0) is 6.54 Å². The summed E-state index contributed by atoms with van der Waals surface area (Å²) in [6, 6.07) is 5.40. The zero-order valence-electron chi connectivity index (χ0n) is 10.9. The summed E-state index contributed by atoms with van der Waals surface area (Å²) in [5, 5.41) is 0.541. The molecule has 0 amide bonds. The molecule has 4 heteroatoms. The molecule has 0 aliphatic rings. The van der Waals surface area contributed by atoms with Crippen molar-refractivity contribution in [2.75, 3.05) is 5.73 Å². The molecule has 0 bridgehead atoms. The van der Waals surface area contributed by atoms with Gasteiger partial charge in [0.2, 0.25) is 0 Å². The van der Waals surface area contributed by atoms with E-state index in [1.807, 2.05) is 19.1 Å². The van der Waals surface area contributed by atoms with E-state index in [0.29, 0.717) is 16.6 Å². The molecule has 0 aliphatic carbocycles. The Bertz CT molecular complexity index is 616. The lowest BCUT2D eigenvalue weighted by Crippen LogP contribution is -2.24. The van der Waals surface area contributed by atoms with Crippen molar-refractivity contribution >= 4 is 16.6 Å². The van der Waals surface area contributed by atoms with Crippen LogP contribution in [0.25, 0.3) is 10.9 Å². The first-order chi connectivity index (χ1) is 8.65. The Kier molecular flexibility index (Phi) is 3.65. The fraction of sp³-hybridized carbons (Fsp3) is 0.429. The van der Waals surface area contributed by atoms with Gasteiger partial charge < -0.3 is 5.73 Å². The number of aryl methyl sites for hydroxylation is 1. The zero-order chi connectivity index (χ0) is 13.1. The molecule has 1 aromatic carbocycles. The average Bonchev–Trinajstić information content (AvgIpc) is 2.33. The van der Waals surface area contributed by atoms with Crippen molar-refractivity contribution in [1.29, 1.82) is 0 Å². The first kappa shape index (κ1) is 12.6. The van der Waals surface area contributed by atoms with E-state index in [0.717, 1.165) is 31.6 Å². The molecule has 0 atom stereocenters. The number of hydrogen-bond acceptors (Lipinski definition) is 3. The molecule has 0 radical (unpaired) electrons. The summed E-state index contributed by atoms with van der Waals surface area (Å²) >= 11 is 0. The molecule has 2 N–H and O–H groups in total. The number of aromatic nitrogens is 2. The van der Waals surface area contributed by atoms with Gasteiger partial charge in [-0.1, -0.05) is 25.8 Å². The predicted molar refractivity (Wildman–Crippen MR) is 74.7 cm³/mol. The maximum Gasteiger partial charge on any atom is 0.263 e. The lowest BCUT2D eigenvalue weighted by Gasteiger charge is -2.11. The highest BCUT2D eigenvalue weighted by Crippen LogP contribution is 2.15. The van der Waals surface area contributed by atoms with Gasteiger partial charge in [-0.3, -0.25) is 9.36 Å². The van der Waals surface area contributed by atoms with E-state index < -0.39 is 0 Å². The number of nitrogen functional groups attached to an aromatic ring is 1. The molecule has 0 aliphatic heterocycles. The highest BCUT2D eigenvalue weighted by atomic mass is 16.1. The van der Waals surface area contributed by atoms with Gasteiger partial charge in [0, 0.05) is 12.2 Å². The van der Waals surface area contributed by atoms with E-state index >= 15 is 0 Å². The predicted octanol–water partition coefficient (Wildman–Crippen LogP) is 2.48. The normalized spacial score (nSPS) is 11.0. The summed E-state index contributed by atoms with van der Waals surface area (Å²) in [6.07, 6.45) is 3.25. The van der Waals surface area contributed by atoms with Crippen molar-refractivity contribution in [3.05, 3.63) is 34.4 Å². The molecule has 0 spiro atoms. The lowest BCUT2D eigenvalue weighted by atomic mass is 10.2. The summed E-state index contributed by atoms with van der Waals surface area (Å²) in [5.41, 5.74) is 7.05. The van der Waals surface area contributed by atoms with Crippen molar-refractivity contribution < 1.29 is 0 Å². The van der Waals surface area contributed by atoms with Gasteiger partial charge in [-0.25, -0.2) is 4.98 Å². The van der Waals surface area contributed by atoms with Gasteiger partial charge >= 0.3 is 0 Å². The molecular weight excluding hydrogens is 226 g/mol. The molecule has 1 aromatic heterocycles. The SMILES string of the molecule is CCCCCn1c(C)nc2cccc(N)c2c1=O. The molecular formula is C14H19N3O. The van der Waals surface area contributed by atoms with Crippen LogP contribution in [0, 0.1) is 6.92 Å². The van der Waals surface area contributed by atoms with E-state index in [1.165, 1.54) is 0 Å². The van der Waals surface area contributed by atoms with Gasteiger partial charge in [0.25, 0.3) is 5.56 Å². The smallest absolute Gasteiger partial charge is 0.263 e. The van der Waals surface area contributed by atoms with Crippen LogP contribution < -0.4 is 11.3 Å². The summed E-state index contributed by atoms with van der Waals surface area (Å²) in [4.78, 5) is 16.9. The molecule has 2 aromatic rings. The fourth-order valence-corrected chi connectivity index (χ4v) is 2.18. The molecule has 4 nitrogen and oxygen atoms in total. The van der Waals surface area contributed by atoms with Gasteiger partial charge in [-0.15, -0.1) is 0 Å². The minimum Gasteiger partial charge on any atom is -0.398 e. The van der Waals surface area contributed by atoms with Crippen molar-refractivity contribution in [1.82, 2.24) is 9.55 Å². The second-order valence-corrected chi connectivity index (χ2v) is 4.56. The van der Waals surface area contributed by atoms with Crippen LogP contribution in [0.4, 0.5) is 5.69 Å². The second kappa shape index (κ2) is 5.21. The standard InChI is InChI=1S/C14H19N3O/c1-3-4-5-9-17-10(2)16-12-8-6-7-11(15)13(12)14(17)18/h6-8H,3-5,9,15H2,1-2H3. The fourth-order valence-electron chi connectivity index (χ4n) is 2.18. The highest BCUT2D eigenvalue weighted by molar-refractivity contribution is 5.89. The van der Waals surface area contributed by atoms with E-state index in [4.69, 9.17) is 5.73 Å². The maximum absolute atomic E-state index is 12.4. The Morgan fingerprint density at radius 1 is 1.33 bits per heavy atom. The number of rotatable bonds is 4. The molecule has 2 rings (SSSR count). The monoisotopic (exact) mass is 245 g/mol. The van der Waals surface area contributed by atoms with Gasteiger partial charge in [-0.2, -0.15) is 0 Å². The highest BCUT2D eigenvalue weighted by Gasteiger charge is 2.09. The number of fused-ring (bicyclic) bond motifs is 1. The summed E-state index contributed by atoms with van der Waals surface area (Å²) in [5.74, 6) is 0.759.